The van der Waals surface area contributed by atoms with E-state index in [1.165, 1.54) is 0 Å². The molecule has 0 unspecified atom stereocenters. The van der Waals surface area contributed by atoms with Crippen LogP contribution in [0.3, 0.4) is 0 Å². The van der Waals surface area contributed by atoms with Gasteiger partial charge in [-0.05, 0) is 26.0 Å². The maximum atomic E-state index is 12.3. The zero-order chi connectivity index (χ0) is 14.8. The second-order valence-corrected chi connectivity index (χ2v) is 6.12. The molecule has 4 nitrogen and oxygen atoms in total. The van der Waals surface area contributed by atoms with Gasteiger partial charge in [0.25, 0.3) is 5.91 Å². The molecule has 0 radical (unpaired) electrons. The number of morpholine rings is 1. The van der Waals surface area contributed by atoms with E-state index in [2.05, 4.69) is 0 Å². The van der Waals surface area contributed by atoms with Gasteiger partial charge in [-0.15, -0.1) is 0 Å². The Balaban J connectivity index is 1.99. The van der Waals surface area contributed by atoms with Crippen molar-refractivity contribution in [1.82, 2.24) is 4.90 Å². The highest BCUT2D eigenvalue weighted by Crippen LogP contribution is 2.28. The van der Waals surface area contributed by atoms with Crippen molar-refractivity contribution in [3.05, 3.63) is 28.2 Å². The minimum Gasteiger partial charge on any atom is -0.482 e. The molecule has 0 spiro atoms. The van der Waals surface area contributed by atoms with Gasteiger partial charge in [-0.1, -0.05) is 23.2 Å². The molecule has 1 saturated heterocycles. The van der Waals surface area contributed by atoms with Crippen LogP contribution in [0, 0.1) is 0 Å². The van der Waals surface area contributed by atoms with Crippen molar-refractivity contribution in [2.45, 2.75) is 19.4 Å². The van der Waals surface area contributed by atoms with Gasteiger partial charge in [0, 0.05) is 17.6 Å². The standard InChI is InChI=1S/C14H17Cl2NO3/c1-14(2)9-19-6-5-17(14)13(18)8-20-12-7-10(15)3-4-11(12)16/h3-4,7H,5-6,8-9H2,1-2H3. The van der Waals surface area contributed by atoms with E-state index >= 15 is 0 Å². The lowest BCUT2D eigenvalue weighted by Gasteiger charge is -2.42. The molecule has 110 valence electrons. The van der Waals surface area contributed by atoms with Gasteiger partial charge in [-0.25, -0.2) is 0 Å². The Morgan fingerprint density at radius 3 is 2.90 bits per heavy atom. The van der Waals surface area contributed by atoms with Gasteiger partial charge in [0.15, 0.2) is 6.61 Å². The maximum absolute atomic E-state index is 12.3. The molecule has 1 heterocycles. The number of rotatable bonds is 3. The molecule has 1 amide bonds. The summed E-state index contributed by atoms with van der Waals surface area (Å²) in [6.45, 7) is 5.51. The van der Waals surface area contributed by atoms with E-state index in [4.69, 9.17) is 32.7 Å². The Labute approximate surface area is 128 Å². The van der Waals surface area contributed by atoms with Crippen LogP contribution in [0.1, 0.15) is 13.8 Å². The molecule has 2 rings (SSSR count). The number of halogens is 2. The molecule has 0 aliphatic carbocycles. The number of carbonyl (C=O) groups excluding carboxylic acids is 1. The van der Waals surface area contributed by atoms with Crippen LogP contribution in [0.5, 0.6) is 5.75 Å². The Morgan fingerprint density at radius 2 is 2.20 bits per heavy atom. The third kappa shape index (κ3) is 3.57. The van der Waals surface area contributed by atoms with E-state index in [1.54, 1.807) is 23.1 Å². The normalized spacial score (nSPS) is 17.9. The predicted molar refractivity (Wildman–Crippen MR) is 78.6 cm³/mol. The quantitative estimate of drug-likeness (QED) is 0.860. The lowest BCUT2D eigenvalue weighted by molar-refractivity contribution is -0.148. The molecule has 1 aliphatic heterocycles. The molecular weight excluding hydrogens is 301 g/mol. The van der Waals surface area contributed by atoms with Crippen LogP contribution in [0.4, 0.5) is 0 Å². The first-order valence-corrected chi connectivity index (χ1v) is 7.12. The fourth-order valence-electron chi connectivity index (χ4n) is 2.13. The number of benzene rings is 1. The Bertz CT molecular complexity index is 505. The van der Waals surface area contributed by atoms with Gasteiger partial charge in [-0.3, -0.25) is 4.79 Å². The van der Waals surface area contributed by atoms with E-state index in [0.29, 0.717) is 35.6 Å². The molecule has 1 aromatic rings. The minimum atomic E-state index is -0.323. The van der Waals surface area contributed by atoms with Crippen molar-refractivity contribution in [3.8, 4) is 5.75 Å². The number of nitrogens with zero attached hydrogens (tertiary/aromatic N) is 1. The SMILES string of the molecule is CC1(C)COCCN1C(=O)COc1cc(Cl)ccc1Cl. The van der Waals surface area contributed by atoms with Crippen LogP contribution in [-0.4, -0.2) is 42.7 Å². The summed E-state index contributed by atoms with van der Waals surface area (Å²) < 4.78 is 10.9. The second-order valence-electron chi connectivity index (χ2n) is 5.27. The van der Waals surface area contributed by atoms with Crippen LogP contribution < -0.4 is 4.74 Å². The summed E-state index contributed by atoms with van der Waals surface area (Å²) in [5.74, 6) is 0.327. The highest BCUT2D eigenvalue weighted by Gasteiger charge is 2.34. The van der Waals surface area contributed by atoms with E-state index in [0.717, 1.165) is 0 Å². The van der Waals surface area contributed by atoms with Crippen molar-refractivity contribution >= 4 is 29.1 Å². The van der Waals surface area contributed by atoms with Crippen molar-refractivity contribution in [2.75, 3.05) is 26.4 Å². The largest absolute Gasteiger partial charge is 0.482 e. The molecule has 6 heteroatoms. The summed E-state index contributed by atoms with van der Waals surface area (Å²) in [5.41, 5.74) is -0.323. The van der Waals surface area contributed by atoms with Crippen molar-refractivity contribution in [2.24, 2.45) is 0 Å². The van der Waals surface area contributed by atoms with E-state index in [-0.39, 0.29) is 18.1 Å². The Kier molecular flexibility index (Phi) is 4.78. The molecule has 0 bridgehead atoms. The smallest absolute Gasteiger partial charge is 0.261 e. The molecule has 1 aromatic carbocycles. The van der Waals surface area contributed by atoms with Crippen LogP contribution in [-0.2, 0) is 9.53 Å². The summed E-state index contributed by atoms with van der Waals surface area (Å²) in [4.78, 5) is 14.0. The van der Waals surface area contributed by atoms with E-state index < -0.39 is 0 Å². The molecule has 1 aliphatic rings. The Hall–Kier alpha value is -0.970. The first-order valence-electron chi connectivity index (χ1n) is 6.36. The fourth-order valence-corrected chi connectivity index (χ4v) is 2.46. The highest BCUT2D eigenvalue weighted by molar-refractivity contribution is 6.34. The molecule has 0 N–H and O–H groups in total. The molecule has 20 heavy (non-hydrogen) atoms. The van der Waals surface area contributed by atoms with E-state index in [9.17, 15) is 4.79 Å². The monoisotopic (exact) mass is 317 g/mol. The molecular formula is C14H17Cl2NO3. The summed E-state index contributed by atoms with van der Waals surface area (Å²) in [6, 6.07) is 4.91. The lowest BCUT2D eigenvalue weighted by Crippen LogP contribution is -2.56. The summed E-state index contributed by atoms with van der Waals surface area (Å²) >= 11 is 11.9. The predicted octanol–water partition coefficient (Wildman–Crippen LogP) is 3.01. The highest BCUT2D eigenvalue weighted by atomic mass is 35.5. The molecule has 0 aromatic heterocycles. The van der Waals surface area contributed by atoms with Gasteiger partial charge >= 0.3 is 0 Å². The van der Waals surface area contributed by atoms with Gasteiger partial charge < -0.3 is 14.4 Å². The number of carbonyl (C=O) groups is 1. The third-order valence-electron chi connectivity index (χ3n) is 3.19. The van der Waals surface area contributed by atoms with Crippen LogP contribution in [0.2, 0.25) is 10.0 Å². The zero-order valence-corrected chi connectivity index (χ0v) is 13.0. The van der Waals surface area contributed by atoms with Gasteiger partial charge in [-0.2, -0.15) is 0 Å². The van der Waals surface area contributed by atoms with Gasteiger partial charge in [0.1, 0.15) is 5.75 Å². The number of hydrogen-bond acceptors (Lipinski definition) is 3. The number of ether oxygens (including phenoxy) is 2. The van der Waals surface area contributed by atoms with Gasteiger partial charge in [0.05, 0.1) is 23.8 Å². The van der Waals surface area contributed by atoms with E-state index in [1.807, 2.05) is 13.8 Å². The number of amides is 1. The average molecular weight is 318 g/mol. The second kappa shape index (κ2) is 6.20. The third-order valence-corrected chi connectivity index (χ3v) is 3.74. The van der Waals surface area contributed by atoms with Crippen LogP contribution in [0.15, 0.2) is 18.2 Å². The first-order chi connectivity index (χ1) is 9.40. The van der Waals surface area contributed by atoms with Crippen LogP contribution in [0.25, 0.3) is 0 Å². The fraction of sp³-hybridized carbons (Fsp3) is 0.500. The summed E-state index contributed by atoms with van der Waals surface area (Å²) in [5, 5.41) is 0.951. The minimum absolute atomic E-state index is 0.0660. The van der Waals surface area contributed by atoms with Crippen LogP contribution >= 0.6 is 23.2 Å². The van der Waals surface area contributed by atoms with Gasteiger partial charge in [0.2, 0.25) is 0 Å². The van der Waals surface area contributed by atoms with Crippen molar-refractivity contribution in [1.29, 1.82) is 0 Å². The first kappa shape index (κ1) is 15.4. The number of hydrogen-bond donors (Lipinski definition) is 0. The topological polar surface area (TPSA) is 38.8 Å². The molecule has 0 saturated carbocycles. The summed E-state index contributed by atoms with van der Waals surface area (Å²) in [7, 11) is 0. The van der Waals surface area contributed by atoms with Crippen molar-refractivity contribution < 1.29 is 14.3 Å². The lowest BCUT2D eigenvalue weighted by atomic mass is 10.0. The summed E-state index contributed by atoms with van der Waals surface area (Å²) in [6.07, 6.45) is 0. The Morgan fingerprint density at radius 1 is 1.45 bits per heavy atom. The average Bonchev–Trinajstić information content (AvgIpc) is 2.39. The van der Waals surface area contributed by atoms with Crippen molar-refractivity contribution in [3.63, 3.8) is 0 Å². The zero-order valence-electron chi connectivity index (χ0n) is 11.5. The maximum Gasteiger partial charge on any atom is 0.261 e. The molecule has 1 fully saturated rings. The molecule has 0 atom stereocenters.